The number of rotatable bonds is 9. The summed E-state index contributed by atoms with van der Waals surface area (Å²) in [5.74, 6) is -2.75. The number of aliphatic carboxylic acids is 2. The molecule has 0 radical (unpaired) electrons. The molecule has 0 bridgehead atoms. The van der Waals surface area contributed by atoms with Crippen LogP contribution < -0.4 is 0 Å². The zero-order chi connectivity index (χ0) is 15.7. The Labute approximate surface area is 123 Å². The van der Waals surface area contributed by atoms with Crippen LogP contribution in [0.2, 0.25) is 0 Å². The number of carbonyl (C=O) groups is 2. The lowest BCUT2D eigenvalue weighted by Crippen LogP contribution is -2.10. The largest absolute Gasteiger partial charge is 0.477 e. The van der Waals surface area contributed by atoms with Gasteiger partial charge in [0.25, 0.3) is 0 Å². The Hall–Kier alpha value is -2.30. The Morgan fingerprint density at radius 2 is 1.90 bits per heavy atom. The number of hydrogen-bond acceptors (Lipinski definition) is 3. The van der Waals surface area contributed by atoms with Crippen molar-refractivity contribution in [3.8, 4) is 0 Å². The molecular formula is C16H20O5. The Kier molecular flexibility index (Phi) is 7.01. The summed E-state index contributed by atoms with van der Waals surface area (Å²) in [6.07, 6.45) is 11.9. The molecule has 1 rings (SSSR count). The molecule has 0 saturated carbocycles. The van der Waals surface area contributed by atoms with Crippen molar-refractivity contribution in [3.05, 3.63) is 35.3 Å². The first-order valence-electron chi connectivity index (χ1n) is 6.98. The highest BCUT2D eigenvalue weighted by atomic mass is 16.4. The van der Waals surface area contributed by atoms with Crippen molar-refractivity contribution in [2.45, 2.75) is 39.0 Å². The predicted molar refractivity (Wildman–Crippen MR) is 79.7 cm³/mol. The molecule has 0 amide bonds. The minimum Gasteiger partial charge on any atom is -0.477 e. The van der Waals surface area contributed by atoms with Crippen molar-refractivity contribution in [1.82, 2.24) is 0 Å². The highest BCUT2D eigenvalue weighted by Crippen LogP contribution is 2.17. The molecule has 1 aromatic rings. The highest BCUT2D eigenvalue weighted by Gasteiger charge is 2.17. The van der Waals surface area contributed by atoms with Gasteiger partial charge >= 0.3 is 11.9 Å². The number of hydrogen-bond donors (Lipinski definition) is 2. The normalized spacial score (nSPS) is 10.7. The lowest BCUT2D eigenvalue weighted by atomic mass is 10.1. The fraction of sp³-hybridized carbons (Fsp3) is 0.375. The molecule has 2 N–H and O–H groups in total. The van der Waals surface area contributed by atoms with Gasteiger partial charge in [-0.2, -0.15) is 0 Å². The van der Waals surface area contributed by atoms with Crippen LogP contribution in [0.4, 0.5) is 0 Å². The van der Waals surface area contributed by atoms with E-state index in [0.717, 1.165) is 18.9 Å². The molecule has 0 spiro atoms. The minimum absolute atomic E-state index is 0.236. The van der Waals surface area contributed by atoms with Crippen LogP contribution in [0.3, 0.4) is 0 Å². The maximum atomic E-state index is 10.8. The van der Waals surface area contributed by atoms with Crippen LogP contribution in [0.15, 0.2) is 28.4 Å². The summed E-state index contributed by atoms with van der Waals surface area (Å²) in [7, 11) is 0. The van der Waals surface area contributed by atoms with E-state index < -0.39 is 17.5 Å². The molecule has 0 fully saturated rings. The number of carboxylic acids is 2. The van der Waals surface area contributed by atoms with E-state index in [1.165, 1.54) is 25.5 Å². The van der Waals surface area contributed by atoms with Gasteiger partial charge in [0.05, 0.1) is 6.26 Å². The smallest absolute Gasteiger partial charge is 0.343 e. The molecule has 0 saturated heterocycles. The lowest BCUT2D eigenvalue weighted by Gasteiger charge is -1.96. The quantitative estimate of drug-likeness (QED) is 0.313. The zero-order valence-corrected chi connectivity index (χ0v) is 12.0. The Morgan fingerprint density at radius 3 is 2.52 bits per heavy atom. The molecule has 5 heteroatoms. The second-order valence-electron chi connectivity index (χ2n) is 4.66. The third-order valence-corrected chi connectivity index (χ3v) is 2.99. The maximum absolute atomic E-state index is 10.8. The van der Waals surface area contributed by atoms with Crippen LogP contribution in [-0.4, -0.2) is 22.2 Å². The number of carboxylic acid groups (broad SMARTS) is 2. The van der Waals surface area contributed by atoms with Gasteiger partial charge in [0.1, 0.15) is 11.3 Å². The molecular weight excluding hydrogens is 272 g/mol. The first-order chi connectivity index (χ1) is 10.1. The Balaban J connectivity index is 2.73. The summed E-state index contributed by atoms with van der Waals surface area (Å²) in [4.78, 5) is 21.7. The molecule has 5 nitrogen and oxygen atoms in total. The monoisotopic (exact) mass is 292 g/mol. The third-order valence-electron chi connectivity index (χ3n) is 2.99. The van der Waals surface area contributed by atoms with Gasteiger partial charge in [-0.25, -0.2) is 9.59 Å². The molecule has 0 aromatic carbocycles. The van der Waals surface area contributed by atoms with Crippen LogP contribution in [0, 0.1) is 0 Å². The lowest BCUT2D eigenvalue weighted by molar-refractivity contribution is -0.140. The number of furan rings is 1. The van der Waals surface area contributed by atoms with Crippen molar-refractivity contribution in [3.63, 3.8) is 0 Å². The van der Waals surface area contributed by atoms with Crippen molar-refractivity contribution in [1.29, 1.82) is 0 Å². The Bertz CT molecular complexity index is 521. The van der Waals surface area contributed by atoms with Crippen LogP contribution in [-0.2, 0) is 9.59 Å². The van der Waals surface area contributed by atoms with Gasteiger partial charge in [-0.3, -0.25) is 0 Å². The second-order valence-corrected chi connectivity index (χ2v) is 4.66. The summed E-state index contributed by atoms with van der Waals surface area (Å²) in [5, 5.41) is 17.6. The fourth-order valence-corrected chi connectivity index (χ4v) is 1.83. The van der Waals surface area contributed by atoms with Crippen molar-refractivity contribution < 1.29 is 24.2 Å². The summed E-state index contributed by atoms with van der Waals surface area (Å²) in [6, 6.07) is 1.68. The predicted octanol–water partition coefficient (Wildman–Crippen LogP) is 3.82. The van der Waals surface area contributed by atoms with Crippen molar-refractivity contribution in [2.24, 2.45) is 0 Å². The van der Waals surface area contributed by atoms with E-state index >= 15 is 0 Å². The van der Waals surface area contributed by atoms with Crippen LogP contribution in [0.5, 0.6) is 0 Å². The van der Waals surface area contributed by atoms with Crippen LogP contribution in [0.1, 0.15) is 50.4 Å². The highest BCUT2D eigenvalue weighted by molar-refractivity contribution is 6.16. The van der Waals surface area contributed by atoms with E-state index in [1.54, 1.807) is 6.07 Å². The summed E-state index contributed by atoms with van der Waals surface area (Å²) < 4.78 is 5.14. The van der Waals surface area contributed by atoms with Gasteiger partial charge in [0, 0.05) is 11.6 Å². The van der Waals surface area contributed by atoms with Crippen molar-refractivity contribution in [2.75, 3.05) is 0 Å². The molecule has 114 valence electrons. The van der Waals surface area contributed by atoms with Crippen LogP contribution in [0.25, 0.3) is 12.2 Å². The molecule has 21 heavy (non-hydrogen) atoms. The van der Waals surface area contributed by atoms with E-state index in [1.807, 2.05) is 12.2 Å². The first-order valence-corrected chi connectivity index (χ1v) is 6.98. The summed E-state index contributed by atoms with van der Waals surface area (Å²) in [5.41, 5.74) is -0.0481. The van der Waals surface area contributed by atoms with Gasteiger partial charge in [0.2, 0.25) is 0 Å². The van der Waals surface area contributed by atoms with E-state index in [0.29, 0.717) is 5.56 Å². The van der Waals surface area contributed by atoms with Crippen LogP contribution >= 0.6 is 0 Å². The zero-order valence-electron chi connectivity index (χ0n) is 12.0. The van der Waals surface area contributed by atoms with E-state index in [-0.39, 0.29) is 5.76 Å². The topological polar surface area (TPSA) is 87.7 Å². The summed E-state index contributed by atoms with van der Waals surface area (Å²) >= 11 is 0. The molecule has 1 heterocycles. The molecule has 0 unspecified atom stereocenters. The molecule has 1 aromatic heterocycles. The SMILES string of the molecule is CCCCCCC=Cc1ccoc1C=C(C(=O)O)C(=O)O. The first kappa shape index (κ1) is 16.8. The van der Waals surface area contributed by atoms with Crippen molar-refractivity contribution >= 4 is 24.1 Å². The van der Waals surface area contributed by atoms with Gasteiger partial charge < -0.3 is 14.6 Å². The third kappa shape index (κ3) is 5.69. The maximum Gasteiger partial charge on any atom is 0.343 e. The molecule has 0 aliphatic rings. The van der Waals surface area contributed by atoms with Gasteiger partial charge in [-0.15, -0.1) is 0 Å². The van der Waals surface area contributed by atoms with E-state index in [9.17, 15) is 9.59 Å². The average molecular weight is 292 g/mol. The minimum atomic E-state index is -1.49. The molecule has 0 aliphatic carbocycles. The molecule has 0 atom stereocenters. The summed E-state index contributed by atoms with van der Waals surface area (Å²) in [6.45, 7) is 2.16. The van der Waals surface area contributed by atoms with E-state index in [4.69, 9.17) is 14.6 Å². The van der Waals surface area contributed by atoms with Gasteiger partial charge in [-0.05, 0) is 18.9 Å². The Morgan fingerprint density at radius 1 is 1.19 bits per heavy atom. The number of unbranched alkanes of at least 4 members (excludes halogenated alkanes) is 4. The molecule has 0 aliphatic heterocycles. The van der Waals surface area contributed by atoms with Gasteiger partial charge in [-0.1, -0.05) is 38.3 Å². The standard InChI is InChI=1S/C16H20O5/c1-2-3-4-5-6-7-8-12-9-10-21-14(12)11-13(15(17)18)16(19)20/h7-11H,2-6H2,1H3,(H,17,18)(H,19,20). The average Bonchev–Trinajstić information content (AvgIpc) is 2.86. The van der Waals surface area contributed by atoms with E-state index in [2.05, 4.69) is 6.92 Å². The van der Waals surface area contributed by atoms with Gasteiger partial charge in [0.15, 0.2) is 0 Å². The number of allylic oxidation sites excluding steroid dienone is 1. The second kappa shape index (κ2) is 8.79. The fourth-order valence-electron chi connectivity index (χ4n) is 1.83.